The van der Waals surface area contributed by atoms with Crippen molar-refractivity contribution >= 4 is 5.97 Å². The van der Waals surface area contributed by atoms with Crippen LogP contribution in [0.5, 0.6) is 5.75 Å². The number of rotatable bonds is 8. The van der Waals surface area contributed by atoms with Crippen molar-refractivity contribution in [2.75, 3.05) is 0 Å². The SMILES string of the molecule is CCCC[C@H]1CC[C@H]([C@H]2CC[C@H](C(=O)Oc3ccc(CCC)cc3)CC2)CC1. The number of carbonyl (C=O) groups excluding carboxylic acids is 1. The molecule has 0 heterocycles. The molecule has 2 fully saturated rings. The van der Waals surface area contributed by atoms with Crippen LogP contribution in [0.3, 0.4) is 0 Å². The third kappa shape index (κ3) is 6.09. The molecular formula is C26H40O2. The fraction of sp³-hybridized carbons (Fsp3) is 0.731. The predicted molar refractivity (Wildman–Crippen MR) is 116 cm³/mol. The van der Waals surface area contributed by atoms with Gasteiger partial charge in [-0.2, -0.15) is 0 Å². The lowest BCUT2D eigenvalue weighted by atomic mass is 9.68. The summed E-state index contributed by atoms with van der Waals surface area (Å²) < 4.78 is 5.68. The first kappa shape index (κ1) is 21.4. The maximum Gasteiger partial charge on any atom is 0.314 e. The highest BCUT2D eigenvalue weighted by Gasteiger charge is 2.33. The molecular weight excluding hydrogens is 344 g/mol. The lowest BCUT2D eigenvalue weighted by molar-refractivity contribution is -0.140. The number of benzene rings is 1. The monoisotopic (exact) mass is 384 g/mol. The van der Waals surface area contributed by atoms with Crippen LogP contribution in [0.4, 0.5) is 0 Å². The lowest BCUT2D eigenvalue weighted by Gasteiger charge is -2.37. The predicted octanol–water partition coefficient (Wildman–Crippen LogP) is 7.35. The Morgan fingerprint density at radius 2 is 1.46 bits per heavy atom. The third-order valence-electron chi connectivity index (χ3n) is 7.31. The van der Waals surface area contributed by atoms with Gasteiger partial charge in [-0.05, 0) is 80.4 Å². The van der Waals surface area contributed by atoms with Crippen LogP contribution in [-0.2, 0) is 11.2 Å². The van der Waals surface area contributed by atoms with Crippen LogP contribution >= 0.6 is 0 Å². The maximum absolute atomic E-state index is 12.6. The van der Waals surface area contributed by atoms with Gasteiger partial charge >= 0.3 is 5.97 Å². The van der Waals surface area contributed by atoms with Crippen molar-refractivity contribution in [3.63, 3.8) is 0 Å². The van der Waals surface area contributed by atoms with Gasteiger partial charge in [0.2, 0.25) is 0 Å². The Morgan fingerprint density at radius 3 is 2.04 bits per heavy atom. The fourth-order valence-electron chi connectivity index (χ4n) is 5.48. The Balaban J connectivity index is 1.39. The second-order valence-electron chi connectivity index (χ2n) is 9.35. The molecule has 2 saturated carbocycles. The highest BCUT2D eigenvalue weighted by Crippen LogP contribution is 2.42. The van der Waals surface area contributed by atoms with Gasteiger partial charge in [0.1, 0.15) is 5.75 Å². The molecule has 0 atom stereocenters. The van der Waals surface area contributed by atoms with Gasteiger partial charge in [-0.1, -0.05) is 64.5 Å². The maximum atomic E-state index is 12.6. The molecule has 1 aromatic rings. The van der Waals surface area contributed by atoms with Gasteiger partial charge in [-0.3, -0.25) is 4.79 Å². The molecule has 156 valence electrons. The molecule has 0 amide bonds. The van der Waals surface area contributed by atoms with Gasteiger partial charge < -0.3 is 4.74 Å². The highest BCUT2D eigenvalue weighted by atomic mass is 16.5. The number of ether oxygens (including phenoxy) is 1. The van der Waals surface area contributed by atoms with Crippen LogP contribution < -0.4 is 4.74 Å². The van der Waals surface area contributed by atoms with Gasteiger partial charge in [0.15, 0.2) is 0 Å². The topological polar surface area (TPSA) is 26.3 Å². The summed E-state index contributed by atoms with van der Waals surface area (Å²) in [5.74, 6) is 3.56. The molecule has 3 rings (SSSR count). The normalized spacial score (nSPS) is 28.1. The van der Waals surface area contributed by atoms with E-state index in [0.29, 0.717) is 5.75 Å². The summed E-state index contributed by atoms with van der Waals surface area (Å²) in [6.45, 7) is 4.49. The molecule has 2 heteroatoms. The van der Waals surface area contributed by atoms with Crippen molar-refractivity contribution in [1.82, 2.24) is 0 Å². The minimum atomic E-state index is -0.00929. The molecule has 0 aromatic heterocycles. The smallest absolute Gasteiger partial charge is 0.314 e. The average molecular weight is 385 g/mol. The van der Waals surface area contributed by atoms with Crippen LogP contribution in [0, 0.1) is 23.7 Å². The first-order valence-electron chi connectivity index (χ1n) is 12.0. The molecule has 1 aromatic carbocycles. The molecule has 0 saturated heterocycles. The van der Waals surface area contributed by atoms with Crippen molar-refractivity contribution in [2.45, 2.75) is 97.3 Å². The molecule has 0 radical (unpaired) electrons. The first-order valence-corrected chi connectivity index (χ1v) is 12.0. The molecule has 0 unspecified atom stereocenters. The molecule has 0 aliphatic heterocycles. The minimum Gasteiger partial charge on any atom is -0.426 e. The van der Waals surface area contributed by atoms with Gasteiger partial charge in [-0.15, -0.1) is 0 Å². The van der Waals surface area contributed by atoms with Crippen molar-refractivity contribution < 1.29 is 9.53 Å². The first-order chi connectivity index (χ1) is 13.7. The van der Waals surface area contributed by atoms with Crippen molar-refractivity contribution in [3.8, 4) is 5.75 Å². The number of unbranched alkanes of at least 4 members (excludes halogenated alkanes) is 1. The van der Waals surface area contributed by atoms with E-state index in [4.69, 9.17) is 4.74 Å². The number of hydrogen-bond acceptors (Lipinski definition) is 2. The van der Waals surface area contributed by atoms with Crippen LogP contribution in [0.2, 0.25) is 0 Å². The van der Waals surface area contributed by atoms with E-state index >= 15 is 0 Å². The zero-order valence-electron chi connectivity index (χ0n) is 18.1. The second kappa shape index (κ2) is 11.0. The number of esters is 1. The van der Waals surface area contributed by atoms with E-state index in [0.717, 1.165) is 43.4 Å². The standard InChI is InChI=1S/C26H40O2/c1-3-5-7-21-8-12-22(13-9-21)23-14-16-24(17-15-23)26(27)28-25-18-10-20(6-4-2)11-19-25/h10-11,18-19,21-24H,3-9,12-17H2,1-2H3/t21-,22-,23-,24-. The highest BCUT2D eigenvalue weighted by molar-refractivity contribution is 5.75. The van der Waals surface area contributed by atoms with E-state index in [1.807, 2.05) is 12.1 Å². The van der Waals surface area contributed by atoms with E-state index in [-0.39, 0.29) is 11.9 Å². The largest absolute Gasteiger partial charge is 0.426 e. The van der Waals surface area contributed by atoms with Crippen molar-refractivity contribution in [2.24, 2.45) is 23.7 Å². The summed E-state index contributed by atoms with van der Waals surface area (Å²) in [5, 5.41) is 0. The third-order valence-corrected chi connectivity index (χ3v) is 7.31. The van der Waals surface area contributed by atoms with E-state index in [2.05, 4.69) is 26.0 Å². The van der Waals surface area contributed by atoms with Gasteiger partial charge in [-0.25, -0.2) is 0 Å². The Morgan fingerprint density at radius 1 is 0.857 bits per heavy atom. The van der Waals surface area contributed by atoms with E-state index in [1.54, 1.807) is 0 Å². The van der Waals surface area contributed by atoms with Crippen molar-refractivity contribution in [1.29, 1.82) is 0 Å². The summed E-state index contributed by atoms with van der Waals surface area (Å²) >= 11 is 0. The fourth-order valence-corrected chi connectivity index (χ4v) is 5.48. The summed E-state index contributed by atoms with van der Waals surface area (Å²) in [5.41, 5.74) is 1.31. The summed E-state index contributed by atoms with van der Waals surface area (Å²) in [4.78, 5) is 12.6. The second-order valence-corrected chi connectivity index (χ2v) is 9.35. The lowest BCUT2D eigenvalue weighted by Crippen LogP contribution is -2.30. The quantitative estimate of drug-likeness (QED) is 0.346. The molecule has 0 N–H and O–H groups in total. The summed E-state index contributed by atoms with van der Waals surface area (Å²) in [6, 6.07) is 8.07. The van der Waals surface area contributed by atoms with Crippen LogP contribution in [0.1, 0.15) is 96.5 Å². The molecule has 0 bridgehead atoms. The Hall–Kier alpha value is -1.31. The molecule has 2 nitrogen and oxygen atoms in total. The van der Waals surface area contributed by atoms with E-state index in [9.17, 15) is 4.79 Å². The van der Waals surface area contributed by atoms with Crippen LogP contribution in [0.25, 0.3) is 0 Å². The van der Waals surface area contributed by atoms with Gasteiger partial charge in [0.05, 0.1) is 5.92 Å². The average Bonchev–Trinajstić information content (AvgIpc) is 2.74. The van der Waals surface area contributed by atoms with E-state index in [1.165, 1.54) is 63.4 Å². The summed E-state index contributed by atoms with van der Waals surface area (Å²) in [7, 11) is 0. The van der Waals surface area contributed by atoms with E-state index < -0.39 is 0 Å². The van der Waals surface area contributed by atoms with Crippen LogP contribution in [-0.4, -0.2) is 5.97 Å². The molecule has 28 heavy (non-hydrogen) atoms. The zero-order chi connectivity index (χ0) is 19.8. The van der Waals surface area contributed by atoms with Crippen LogP contribution in [0.15, 0.2) is 24.3 Å². The molecule has 0 spiro atoms. The number of aryl methyl sites for hydroxylation is 1. The minimum absolute atomic E-state index is 0.00929. The number of hydrogen-bond donors (Lipinski definition) is 0. The molecule has 2 aliphatic carbocycles. The van der Waals surface area contributed by atoms with Gasteiger partial charge in [0.25, 0.3) is 0 Å². The summed E-state index contributed by atoms with van der Waals surface area (Å²) in [6.07, 6.45) is 16.6. The van der Waals surface area contributed by atoms with Crippen molar-refractivity contribution in [3.05, 3.63) is 29.8 Å². The Kier molecular flexibility index (Phi) is 8.43. The van der Waals surface area contributed by atoms with Gasteiger partial charge in [0, 0.05) is 0 Å². The molecule has 2 aliphatic rings. The Bertz CT molecular complexity index is 575. The Labute approximate surface area is 172 Å². The zero-order valence-corrected chi connectivity index (χ0v) is 18.1. The number of carbonyl (C=O) groups is 1.